The molecule has 0 bridgehead atoms. The molecule has 3 nitrogen and oxygen atoms in total. The molecule has 1 atom stereocenters. The Morgan fingerprint density at radius 2 is 1.65 bits per heavy atom. The van der Waals surface area contributed by atoms with Crippen molar-refractivity contribution in [2.24, 2.45) is 10.9 Å². The summed E-state index contributed by atoms with van der Waals surface area (Å²) in [5, 5.41) is 3.50. The number of aliphatic imine (C=N–C) groups is 1. The number of carbonyl (C=O) groups is 1. The van der Waals surface area contributed by atoms with E-state index in [9.17, 15) is 4.79 Å². The van der Waals surface area contributed by atoms with Crippen LogP contribution in [0.25, 0.3) is 0 Å². The van der Waals surface area contributed by atoms with E-state index in [4.69, 9.17) is 0 Å². The van der Waals surface area contributed by atoms with E-state index in [1.54, 1.807) is 6.21 Å². The van der Waals surface area contributed by atoms with E-state index in [-0.39, 0.29) is 0 Å². The van der Waals surface area contributed by atoms with Gasteiger partial charge in [0.05, 0.1) is 0 Å². The fourth-order valence-electron chi connectivity index (χ4n) is 3.01. The van der Waals surface area contributed by atoms with Gasteiger partial charge in [0.1, 0.15) is 5.82 Å². The second-order valence-corrected chi connectivity index (χ2v) is 7.53. The molecule has 0 aromatic heterocycles. The summed E-state index contributed by atoms with van der Waals surface area (Å²) in [5.41, 5.74) is 2.88. The first kappa shape index (κ1) is 24.6. The van der Waals surface area contributed by atoms with E-state index in [0.29, 0.717) is 5.57 Å². The maximum absolute atomic E-state index is 11.1. The van der Waals surface area contributed by atoms with Crippen molar-refractivity contribution in [3.63, 3.8) is 0 Å². The van der Waals surface area contributed by atoms with Gasteiger partial charge in [-0.2, -0.15) is 0 Å². The molecule has 0 heterocycles. The summed E-state index contributed by atoms with van der Waals surface area (Å²) in [6.45, 7) is 13.6. The van der Waals surface area contributed by atoms with Crippen molar-refractivity contribution in [1.82, 2.24) is 5.32 Å². The normalized spacial score (nSPS) is 13.5. The molecule has 0 saturated heterocycles. The summed E-state index contributed by atoms with van der Waals surface area (Å²) in [4.78, 5) is 15.7. The van der Waals surface area contributed by atoms with Gasteiger partial charge in [0.25, 0.3) is 0 Å². The smallest absolute Gasteiger partial charge is 0.151 e. The van der Waals surface area contributed by atoms with Gasteiger partial charge in [-0.1, -0.05) is 64.9 Å². The zero-order valence-electron chi connectivity index (χ0n) is 18.2. The van der Waals surface area contributed by atoms with E-state index in [0.717, 1.165) is 36.6 Å². The maximum atomic E-state index is 11.1. The standard InChI is InChI=1S/C23H42N2O/c1-7-10-11-14-21(13-8-2)15-12-16-24-23(20(6)9-3)25-17-22(18-26)19(4)5/h17-18,21,24H,7-16H2,1-6H3/b23-20-,25-17-. The molecule has 0 saturated carbocycles. The third-order valence-corrected chi connectivity index (χ3v) is 4.97. The Balaban J connectivity index is 4.61. The van der Waals surface area contributed by atoms with Gasteiger partial charge >= 0.3 is 0 Å². The molecular weight excluding hydrogens is 320 g/mol. The van der Waals surface area contributed by atoms with E-state index in [1.165, 1.54) is 56.9 Å². The van der Waals surface area contributed by atoms with Crippen LogP contribution in [-0.2, 0) is 4.79 Å². The number of carbonyl (C=O) groups excluding carboxylic acids is 1. The van der Waals surface area contributed by atoms with Gasteiger partial charge in [0.2, 0.25) is 0 Å². The molecule has 1 N–H and O–H groups in total. The van der Waals surface area contributed by atoms with Crippen molar-refractivity contribution in [1.29, 1.82) is 0 Å². The SMILES string of the molecule is CCCCCC(CCC)CCCNC(/N=C\C(C=O)=C(C)C)=C(\C)CC. The first-order chi connectivity index (χ1) is 12.5. The lowest BCUT2D eigenvalue weighted by atomic mass is 9.92. The maximum Gasteiger partial charge on any atom is 0.151 e. The van der Waals surface area contributed by atoms with Crippen LogP contribution in [0.3, 0.4) is 0 Å². The van der Waals surface area contributed by atoms with Crippen molar-refractivity contribution >= 4 is 12.5 Å². The van der Waals surface area contributed by atoms with Gasteiger partial charge < -0.3 is 5.32 Å². The molecule has 0 aromatic carbocycles. The van der Waals surface area contributed by atoms with E-state index in [2.05, 4.69) is 38.0 Å². The van der Waals surface area contributed by atoms with Crippen molar-refractivity contribution in [2.45, 2.75) is 99.3 Å². The number of nitrogens with zero attached hydrogens (tertiary/aromatic N) is 1. The van der Waals surface area contributed by atoms with Crippen molar-refractivity contribution < 1.29 is 4.79 Å². The molecule has 0 aliphatic rings. The molecule has 0 rings (SSSR count). The number of nitrogens with one attached hydrogen (secondary N) is 1. The zero-order chi connectivity index (χ0) is 19.8. The average Bonchev–Trinajstić information content (AvgIpc) is 2.62. The van der Waals surface area contributed by atoms with Gasteiger partial charge in [0, 0.05) is 18.3 Å². The number of unbranched alkanes of at least 4 members (excludes halogenated alkanes) is 2. The molecule has 0 fully saturated rings. The first-order valence-electron chi connectivity index (χ1n) is 10.6. The monoisotopic (exact) mass is 362 g/mol. The minimum absolute atomic E-state index is 0.659. The number of rotatable bonds is 15. The lowest BCUT2D eigenvalue weighted by molar-refractivity contribution is -0.104. The van der Waals surface area contributed by atoms with Gasteiger partial charge in [-0.15, -0.1) is 0 Å². The molecule has 26 heavy (non-hydrogen) atoms. The van der Waals surface area contributed by atoms with Crippen molar-refractivity contribution in [3.05, 3.63) is 22.5 Å². The Morgan fingerprint density at radius 1 is 0.962 bits per heavy atom. The lowest BCUT2D eigenvalue weighted by Gasteiger charge is -2.17. The third kappa shape index (κ3) is 11.3. The number of aldehydes is 1. The average molecular weight is 363 g/mol. The van der Waals surface area contributed by atoms with Gasteiger partial charge in [-0.3, -0.25) is 4.79 Å². The third-order valence-electron chi connectivity index (χ3n) is 4.97. The summed E-state index contributed by atoms with van der Waals surface area (Å²) >= 11 is 0. The predicted octanol–water partition coefficient (Wildman–Crippen LogP) is 6.60. The van der Waals surface area contributed by atoms with Gasteiger partial charge in [-0.05, 0) is 51.5 Å². The summed E-state index contributed by atoms with van der Waals surface area (Å²) in [7, 11) is 0. The lowest BCUT2D eigenvalue weighted by Crippen LogP contribution is -2.16. The fraction of sp³-hybridized carbons (Fsp3) is 0.739. The highest BCUT2D eigenvalue weighted by Gasteiger charge is 2.08. The second kappa shape index (κ2) is 15.8. The van der Waals surface area contributed by atoms with Gasteiger partial charge in [-0.25, -0.2) is 4.99 Å². The van der Waals surface area contributed by atoms with Crippen LogP contribution in [0.15, 0.2) is 27.5 Å². The Kier molecular flexibility index (Phi) is 15.0. The highest BCUT2D eigenvalue weighted by atomic mass is 16.1. The van der Waals surface area contributed by atoms with Crippen LogP contribution < -0.4 is 5.32 Å². The summed E-state index contributed by atoms with van der Waals surface area (Å²) < 4.78 is 0. The molecule has 150 valence electrons. The van der Waals surface area contributed by atoms with Crippen LogP contribution >= 0.6 is 0 Å². The highest BCUT2D eigenvalue weighted by Crippen LogP contribution is 2.20. The quantitative estimate of drug-likeness (QED) is 0.154. The fourth-order valence-corrected chi connectivity index (χ4v) is 3.01. The summed E-state index contributed by atoms with van der Waals surface area (Å²) in [6.07, 6.45) is 14.0. The van der Waals surface area contributed by atoms with Crippen LogP contribution in [0, 0.1) is 5.92 Å². The minimum atomic E-state index is 0.659. The summed E-state index contributed by atoms with van der Waals surface area (Å²) in [6, 6.07) is 0. The van der Waals surface area contributed by atoms with Crippen LogP contribution in [0.5, 0.6) is 0 Å². The molecule has 0 spiro atoms. The minimum Gasteiger partial charge on any atom is -0.370 e. The largest absolute Gasteiger partial charge is 0.370 e. The molecule has 0 amide bonds. The van der Waals surface area contributed by atoms with E-state index < -0.39 is 0 Å². The molecule has 1 unspecified atom stereocenters. The number of allylic oxidation sites excluding steroid dienone is 3. The Labute approximate surface area is 162 Å². The van der Waals surface area contributed by atoms with Crippen molar-refractivity contribution in [3.8, 4) is 0 Å². The molecule has 0 aliphatic carbocycles. The molecule has 0 radical (unpaired) electrons. The van der Waals surface area contributed by atoms with Crippen LogP contribution in [0.1, 0.15) is 99.3 Å². The van der Waals surface area contributed by atoms with Crippen LogP contribution in [0.2, 0.25) is 0 Å². The Bertz CT molecular complexity index is 471. The number of hydrogen-bond acceptors (Lipinski definition) is 3. The molecular formula is C23H42N2O. The number of hydrogen-bond donors (Lipinski definition) is 1. The second-order valence-electron chi connectivity index (χ2n) is 7.53. The Morgan fingerprint density at radius 3 is 2.19 bits per heavy atom. The highest BCUT2D eigenvalue weighted by molar-refractivity contribution is 6.02. The molecule has 0 aliphatic heterocycles. The van der Waals surface area contributed by atoms with E-state index >= 15 is 0 Å². The van der Waals surface area contributed by atoms with Gasteiger partial charge in [0.15, 0.2) is 6.29 Å². The first-order valence-corrected chi connectivity index (χ1v) is 10.6. The molecule has 3 heteroatoms. The predicted molar refractivity (Wildman–Crippen MR) is 116 cm³/mol. The zero-order valence-corrected chi connectivity index (χ0v) is 18.2. The van der Waals surface area contributed by atoms with Crippen molar-refractivity contribution in [2.75, 3.05) is 6.54 Å². The summed E-state index contributed by atoms with van der Waals surface area (Å²) in [5.74, 6) is 1.79. The van der Waals surface area contributed by atoms with Crippen LogP contribution in [0.4, 0.5) is 0 Å². The molecule has 0 aromatic rings. The van der Waals surface area contributed by atoms with Crippen LogP contribution in [-0.4, -0.2) is 19.0 Å². The topological polar surface area (TPSA) is 41.5 Å². The van der Waals surface area contributed by atoms with E-state index in [1.807, 2.05) is 13.8 Å². The Hall–Kier alpha value is -1.38.